The van der Waals surface area contributed by atoms with Crippen LogP contribution in [0, 0.1) is 0 Å². The average Bonchev–Trinajstić information content (AvgIpc) is 2.01. The standard InChI is InChI=1S/C9H12ClNO.ClH/c1-7(11)6-12-9-4-2-3-8(10)5-9;/h2-5,7H,6,11H2,1H3;1H. The van der Waals surface area contributed by atoms with Crippen LogP contribution in [-0.2, 0) is 0 Å². The van der Waals surface area contributed by atoms with Gasteiger partial charge in [0.05, 0.1) is 0 Å². The average molecular weight is 222 g/mol. The second-order valence-corrected chi connectivity index (χ2v) is 3.18. The maximum Gasteiger partial charge on any atom is 0.120 e. The van der Waals surface area contributed by atoms with Gasteiger partial charge in [-0.2, -0.15) is 0 Å². The molecule has 0 radical (unpaired) electrons. The zero-order valence-corrected chi connectivity index (χ0v) is 8.94. The maximum absolute atomic E-state index is 5.75. The highest BCUT2D eigenvalue weighted by molar-refractivity contribution is 6.30. The molecule has 4 heteroatoms. The molecule has 2 N–H and O–H groups in total. The van der Waals surface area contributed by atoms with Crippen LogP contribution in [0.25, 0.3) is 0 Å². The second kappa shape index (κ2) is 6.08. The first-order valence-electron chi connectivity index (χ1n) is 3.82. The van der Waals surface area contributed by atoms with Gasteiger partial charge in [0.15, 0.2) is 0 Å². The van der Waals surface area contributed by atoms with E-state index < -0.39 is 0 Å². The second-order valence-electron chi connectivity index (χ2n) is 2.75. The van der Waals surface area contributed by atoms with Crippen molar-refractivity contribution < 1.29 is 4.74 Å². The number of halogens is 2. The monoisotopic (exact) mass is 221 g/mol. The number of ether oxygens (including phenoxy) is 1. The van der Waals surface area contributed by atoms with Gasteiger partial charge in [-0.05, 0) is 25.1 Å². The van der Waals surface area contributed by atoms with E-state index >= 15 is 0 Å². The highest BCUT2D eigenvalue weighted by atomic mass is 35.5. The molecule has 0 saturated heterocycles. The summed E-state index contributed by atoms with van der Waals surface area (Å²) < 4.78 is 5.34. The Hall–Kier alpha value is -0.440. The van der Waals surface area contributed by atoms with Crippen molar-refractivity contribution in [3.8, 4) is 5.75 Å². The van der Waals surface area contributed by atoms with Crippen LogP contribution in [0.4, 0.5) is 0 Å². The molecule has 0 aliphatic rings. The van der Waals surface area contributed by atoms with Crippen molar-refractivity contribution in [3.05, 3.63) is 29.3 Å². The van der Waals surface area contributed by atoms with Crippen LogP contribution in [0.3, 0.4) is 0 Å². The molecule has 0 fully saturated rings. The number of benzene rings is 1. The van der Waals surface area contributed by atoms with Crippen LogP contribution in [0.15, 0.2) is 24.3 Å². The van der Waals surface area contributed by atoms with Gasteiger partial charge >= 0.3 is 0 Å². The summed E-state index contributed by atoms with van der Waals surface area (Å²) in [5.74, 6) is 0.764. The molecule has 0 bridgehead atoms. The summed E-state index contributed by atoms with van der Waals surface area (Å²) in [5, 5.41) is 0.678. The van der Waals surface area contributed by atoms with Crippen LogP contribution in [0.2, 0.25) is 5.02 Å². The first-order chi connectivity index (χ1) is 5.68. The van der Waals surface area contributed by atoms with E-state index in [0.717, 1.165) is 5.75 Å². The Labute approximate surface area is 89.4 Å². The first kappa shape index (κ1) is 12.6. The summed E-state index contributed by atoms with van der Waals surface area (Å²) >= 11 is 5.75. The molecule has 74 valence electrons. The third-order valence-corrected chi connectivity index (χ3v) is 1.54. The van der Waals surface area contributed by atoms with Crippen LogP contribution in [0.5, 0.6) is 5.75 Å². The van der Waals surface area contributed by atoms with Gasteiger partial charge in [0, 0.05) is 11.1 Å². The van der Waals surface area contributed by atoms with Crippen LogP contribution >= 0.6 is 24.0 Å². The van der Waals surface area contributed by atoms with Crippen molar-refractivity contribution in [2.24, 2.45) is 5.73 Å². The van der Waals surface area contributed by atoms with E-state index in [4.69, 9.17) is 22.1 Å². The zero-order chi connectivity index (χ0) is 8.97. The summed E-state index contributed by atoms with van der Waals surface area (Å²) in [6, 6.07) is 7.32. The summed E-state index contributed by atoms with van der Waals surface area (Å²) in [5.41, 5.74) is 5.52. The number of nitrogens with two attached hydrogens (primary N) is 1. The molecular weight excluding hydrogens is 209 g/mol. The third kappa shape index (κ3) is 4.98. The molecule has 1 rings (SSSR count). The highest BCUT2D eigenvalue weighted by Crippen LogP contribution is 2.16. The smallest absolute Gasteiger partial charge is 0.120 e. The van der Waals surface area contributed by atoms with Gasteiger partial charge in [-0.3, -0.25) is 0 Å². The van der Waals surface area contributed by atoms with Gasteiger partial charge in [0.1, 0.15) is 12.4 Å². The minimum Gasteiger partial charge on any atom is -0.492 e. The molecule has 1 aromatic carbocycles. The fourth-order valence-electron chi connectivity index (χ4n) is 0.784. The quantitative estimate of drug-likeness (QED) is 0.852. The molecule has 0 amide bonds. The minimum atomic E-state index is 0. The topological polar surface area (TPSA) is 35.2 Å². The van der Waals surface area contributed by atoms with Crippen LogP contribution in [-0.4, -0.2) is 12.6 Å². The van der Waals surface area contributed by atoms with E-state index in [1.165, 1.54) is 0 Å². The van der Waals surface area contributed by atoms with E-state index in [1.54, 1.807) is 12.1 Å². The summed E-state index contributed by atoms with van der Waals surface area (Å²) in [6.07, 6.45) is 0. The van der Waals surface area contributed by atoms with Crippen LogP contribution < -0.4 is 10.5 Å². The molecule has 2 nitrogen and oxygen atoms in total. The molecule has 0 heterocycles. The third-order valence-electron chi connectivity index (χ3n) is 1.31. The van der Waals surface area contributed by atoms with E-state index in [-0.39, 0.29) is 18.4 Å². The summed E-state index contributed by atoms with van der Waals surface area (Å²) in [4.78, 5) is 0. The molecule has 0 aliphatic heterocycles. The lowest BCUT2D eigenvalue weighted by Crippen LogP contribution is -2.23. The van der Waals surface area contributed by atoms with Gasteiger partial charge in [0.2, 0.25) is 0 Å². The van der Waals surface area contributed by atoms with Crippen molar-refractivity contribution in [1.82, 2.24) is 0 Å². The molecule has 13 heavy (non-hydrogen) atoms. The Bertz CT molecular complexity index is 253. The molecule has 0 spiro atoms. The lowest BCUT2D eigenvalue weighted by Gasteiger charge is -2.08. The normalized spacial score (nSPS) is 11.6. The van der Waals surface area contributed by atoms with E-state index in [0.29, 0.717) is 11.6 Å². The molecule has 0 saturated carbocycles. The van der Waals surface area contributed by atoms with E-state index in [9.17, 15) is 0 Å². The Morgan fingerprint density at radius 2 is 2.23 bits per heavy atom. The predicted molar refractivity (Wildman–Crippen MR) is 57.8 cm³/mol. The van der Waals surface area contributed by atoms with Gasteiger partial charge in [-0.15, -0.1) is 12.4 Å². The maximum atomic E-state index is 5.75. The predicted octanol–water partition coefficient (Wildman–Crippen LogP) is 2.49. The van der Waals surface area contributed by atoms with Crippen molar-refractivity contribution >= 4 is 24.0 Å². The van der Waals surface area contributed by atoms with Crippen molar-refractivity contribution in [2.75, 3.05) is 6.61 Å². The van der Waals surface area contributed by atoms with Crippen LogP contribution in [0.1, 0.15) is 6.92 Å². The number of hydrogen-bond acceptors (Lipinski definition) is 2. The van der Waals surface area contributed by atoms with Crippen molar-refractivity contribution in [3.63, 3.8) is 0 Å². The lowest BCUT2D eigenvalue weighted by molar-refractivity contribution is 0.296. The molecule has 0 aliphatic carbocycles. The Kier molecular flexibility index (Phi) is 5.88. The number of rotatable bonds is 3. The molecular formula is C9H13Cl2NO. The van der Waals surface area contributed by atoms with Crippen molar-refractivity contribution in [2.45, 2.75) is 13.0 Å². The van der Waals surface area contributed by atoms with Gasteiger partial charge in [-0.25, -0.2) is 0 Å². The Morgan fingerprint density at radius 3 is 2.77 bits per heavy atom. The number of hydrogen-bond donors (Lipinski definition) is 1. The van der Waals surface area contributed by atoms with E-state index in [1.807, 2.05) is 19.1 Å². The van der Waals surface area contributed by atoms with Gasteiger partial charge < -0.3 is 10.5 Å². The first-order valence-corrected chi connectivity index (χ1v) is 4.20. The molecule has 0 aromatic heterocycles. The molecule has 1 aromatic rings. The fourth-order valence-corrected chi connectivity index (χ4v) is 0.965. The SMILES string of the molecule is CC(N)COc1cccc(Cl)c1.Cl. The Balaban J connectivity index is 0.00000144. The largest absolute Gasteiger partial charge is 0.492 e. The zero-order valence-electron chi connectivity index (χ0n) is 7.37. The summed E-state index contributed by atoms with van der Waals surface area (Å²) in [7, 11) is 0. The highest BCUT2D eigenvalue weighted by Gasteiger charge is 1.96. The summed E-state index contributed by atoms with van der Waals surface area (Å²) in [6.45, 7) is 2.41. The Morgan fingerprint density at radius 1 is 1.54 bits per heavy atom. The fraction of sp³-hybridized carbons (Fsp3) is 0.333. The molecule has 1 unspecified atom stereocenters. The minimum absolute atomic E-state index is 0. The van der Waals surface area contributed by atoms with Crippen molar-refractivity contribution in [1.29, 1.82) is 0 Å². The van der Waals surface area contributed by atoms with E-state index in [2.05, 4.69) is 0 Å². The van der Waals surface area contributed by atoms with Gasteiger partial charge in [-0.1, -0.05) is 17.7 Å². The lowest BCUT2D eigenvalue weighted by atomic mass is 10.3. The molecule has 1 atom stereocenters. The van der Waals surface area contributed by atoms with Gasteiger partial charge in [0.25, 0.3) is 0 Å².